The summed E-state index contributed by atoms with van der Waals surface area (Å²) < 4.78 is 13.1. The second-order valence-corrected chi connectivity index (χ2v) is 4.94. The molecule has 0 fully saturated rings. The Morgan fingerprint density at radius 2 is 2.18 bits per heavy atom. The van der Waals surface area contributed by atoms with Crippen molar-refractivity contribution in [3.8, 4) is 0 Å². The van der Waals surface area contributed by atoms with Crippen LogP contribution in [0.3, 0.4) is 0 Å². The zero-order chi connectivity index (χ0) is 13.1. The average Bonchev–Trinajstić information content (AvgIpc) is 2.23. The molecule has 2 nitrogen and oxygen atoms in total. The van der Waals surface area contributed by atoms with E-state index in [9.17, 15) is 14.3 Å². The predicted molar refractivity (Wildman–Crippen MR) is 65.8 cm³/mol. The molecule has 0 radical (unpaired) electrons. The van der Waals surface area contributed by atoms with Gasteiger partial charge >= 0.3 is 5.97 Å². The van der Waals surface area contributed by atoms with Crippen LogP contribution in [0.15, 0.2) is 18.2 Å². The summed E-state index contributed by atoms with van der Waals surface area (Å²) in [7, 11) is 0. The molecule has 0 heterocycles. The molecule has 94 valence electrons. The number of hydrogen-bond acceptors (Lipinski definition) is 1. The van der Waals surface area contributed by atoms with E-state index in [4.69, 9.17) is 11.6 Å². The topological polar surface area (TPSA) is 37.3 Å². The fourth-order valence-corrected chi connectivity index (χ4v) is 2.11. The van der Waals surface area contributed by atoms with E-state index in [1.54, 1.807) is 6.92 Å². The highest BCUT2D eigenvalue weighted by molar-refractivity contribution is 6.31. The van der Waals surface area contributed by atoms with Crippen molar-refractivity contribution in [2.45, 2.75) is 33.1 Å². The summed E-state index contributed by atoms with van der Waals surface area (Å²) in [5, 5.41) is 9.66. The Morgan fingerprint density at radius 1 is 1.53 bits per heavy atom. The smallest absolute Gasteiger partial charge is 0.309 e. The van der Waals surface area contributed by atoms with Crippen molar-refractivity contribution >= 4 is 17.6 Å². The van der Waals surface area contributed by atoms with Crippen molar-refractivity contribution in [1.29, 1.82) is 0 Å². The number of aliphatic carboxylic acids is 1. The molecule has 17 heavy (non-hydrogen) atoms. The quantitative estimate of drug-likeness (QED) is 0.869. The van der Waals surface area contributed by atoms with Gasteiger partial charge in [-0.3, -0.25) is 4.79 Å². The van der Waals surface area contributed by atoms with Crippen LogP contribution >= 0.6 is 11.6 Å². The summed E-state index contributed by atoms with van der Waals surface area (Å²) in [5.41, 5.74) is -0.350. The molecule has 0 spiro atoms. The van der Waals surface area contributed by atoms with Crippen LogP contribution in [0.1, 0.15) is 32.3 Å². The third kappa shape index (κ3) is 3.43. The molecule has 1 aromatic carbocycles. The molecule has 0 aliphatic rings. The first-order valence-corrected chi connectivity index (χ1v) is 5.94. The lowest BCUT2D eigenvalue weighted by Crippen LogP contribution is -2.30. The molecule has 0 saturated heterocycles. The van der Waals surface area contributed by atoms with E-state index in [0.29, 0.717) is 17.0 Å². The Kier molecular flexibility index (Phi) is 4.52. The Hall–Kier alpha value is -1.09. The third-order valence-electron chi connectivity index (χ3n) is 2.91. The van der Waals surface area contributed by atoms with Gasteiger partial charge in [-0.15, -0.1) is 0 Å². The maximum absolute atomic E-state index is 13.1. The van der Waals surface area contributed by atoms with Gasteiger partial charge in [-0.2, -0.15) is 0 Å². The van der Waals surface area contributed by atoms with Gasteiger partial charge in [0, 0.05) is 5.02 Å². The molecule has 0 aromatic heterocycles. The minimum atomic E-state index is -0.897. The number of carboxylic acid groups (broad SMARTS) is 1. The largest absolute Gasteiger partial charge is 0.481 e. The molecule has 1 N–H and O–H groups in total. The molecule has 1 unspecified atom stereocenters. The second kappa shape index (κ2) is 5.50. The standard InChI is InChI=1S/C13H16ClFO2/c1-3-6-13(2,12(16)17)8-9-7-10(15)4-5-11(9)14/h4-5,7H,3,6,8H2,1-2H3,(H,16,17). The van der Waals surface area contributed by atoms with Crippen molar-refractivity contribution in [2.24, 2.45) is 5.41 Å². The number of rotatable bonds is 5. The van der Waals surface area contributed by atoms with Crippen LogP contribution in [0, 0.1) is 11.2 Å². The summed E-state index contributed by atoms with van der Waals surface area (Å²) in [4.78, 5) is 11.3. The summed E-state index contributed by atoms with van der Waals surface area (Å²) in [6, 6.07) is 4.03. The van der Waals surface area contributed by atoms with Gasteiger partial charge in [0.2, 0.25) is 0 Å². The molecule has 1 atom stereocenters. The van der Waals surface area contributed by atoms with E-state index >= 15 is 0 Å². The van der Waals surface area contributed by atoms with Crippen LogP contribution in [0.5, 0.6) is 0 Å². The molecule has 1 aromatic rings. The molecule has 0 saturated carbocycles. The first kappa shape index (κ1) is 14.0. The summed E-state index contributed by atoms with van der Waals surface area (Å²) in [5.74, 6) is -1.27. The second-order valence-electron chi connectivity index (χ2n) is 4.53. The van der Waals surface area contributed by atoms with Crippen LogP contribution in [0.4, 0.5) is 4.39 Å². The lowest BCUT2D eigenvalue weighted by molar-refractivity contribution is -0.148. The minimum absolute atomic E-state index is 0.243. The Balaban J connectivity index is 3.01. The zero-order valence-corrected chi connectivity index (χ0v) is 10.7. The van der Waals surface area contributed by atoms with Gasteiger partial charge in [-0.1, -0.05) is 24.9 Å². The van der Waals surface area contributed by atoms with E-state index in [-0.39, 0.29) is 6.42 Å². The normalized spacial score (nSPS) is 14.4. The molecule has 0 aliphatic carbocycles. The number of carbonyl (C=O) groups is 1. The number of hydrogen-bond donors (Lipinski definition) is 1. The summed E-state index contributed by atoms with van der Waals surface area (Å²) in [6.45, 7) is 3.59. The minimum Gasteiger partial charge on any atom is -0.481 e. The fourth-order valence-electron chi connectivity index (χ4n) is 1.92. The van der Waals surface area contributed by atoms with Gasteiger partial charge in [-0.25, -0.2) is 4.39 Å². The van der Waals surface area contributed by atoms with E-state index in [0.717, 1.165) is 6.42 Å². The van der Waals surface area contributed by atoms with Crippen LogP contribution in [0.2, 0.25) is 5.02 Å². The molecular formula is C13H16ClFO2. The molecular weight excluding hydrogens is 243 g/mol. The first-order valence-electron chi connectivity index (χ1n) is 5.56. The molecule has 4 heteroatoms. The highest BCUT2D eigenvalue weighted by atomic mass is 35.5. The van der Waals surface area contributed by atoms with E-state index in [1.165, 1.54) is 18.2 Å². The van der Waals surface area contributed by atoms with Crippen molar-refractivity contribution in [2.75, 3.05) is 0 Å². The lowest BCUT2D eigenvalue weighted by Gasteiger charge is -2.24. The summed E-state index contributed by atoms with van der Waals surface area (Å²) >= 11 is 5.95. The van der Waals surface area contributed by atoms with Crippen LogP contribution in [-0.4, -0.2) is 11.1 Å². The van der Waals surface area contributed by atoms with Crippen LogP contribution < -0.4 is 0 Å². The molecule has 0 amide bonds. The fraction of sp³-hybridized carbons (Fsp3) is 0.462. The van der Waals surface area contributed by atoms with Gasteiger partial charge in [0.15, 0.2) is 0 Å². The maximum Gasteiger partial charge on any atom is 0.309 e. The Labute approximate surface area is 105 Å². The highest BCUT2D eigenvalue weighted by Crippen LogP contribution is 2.31. The van der Waals surface area contributed by atoms with Gasteiger partial charge < -0.3 is 5.11 Å². The van der Waals surface area contributed by atoms with Gasteiger partial charge in [-0.05, 0) is 43.5 Å². The molecule has 0 bridgehead atoms. The highest BCUT2D eigenvalue weighted by Gasteiger charge is 2.33. The van der Waals surface area contributed by atoms with Crippen molar-refractivity contribution in [1.82, 2.24) is 0 Å². The first-order chi connectivity index (χ1) is 7.89. The monoisotopic (exact) mass is 258 g/mol. The van der Waals surface area contributed by atoms with Crippen molar-refractivity contribution in [3.05, 3.63) is 34.6 Å². The van der Waals surface area contributed by atoms with Crippen LogP contribution in [0.25, 0.3) is 0 Å². The lowest BCUT2D eigenvalue weighted by atomic mass is 9.80. The molecule has 0 aliphatic heterocycles. The average molecular weight is 259 g/mol. The van der Waals surface area contributed by atoms with Crippen molar-refractivity contribution < 1.29 is 14.3 Å². The predicted octanol–water partition coefficient (Wildman–Crippen LogP) is 3.91. The van der Waals surface area contributed by atoms with Crippen LogP contribution in [-0.2, 0) is 11.2 Å². The van der Waals surface area contributed by atoms with Gasteiger partial charge in [0.05, 0.1) is 5.41 Å². The maximum atomic E-state index is 13.1. The SMILES string of the molecule is CCCC(C)(Cc1cc(F)ccc1Cl)C(=O)O. The van der Waals surface area contributed by atoms with Crippen molar-refractivity contribution in [3.63, 3.8) is 0 Å². The zero-order valence-electron chi connectivity index (χ0n) is 9.96. The van der Waals surface area contributed by atoms with Gasteiger partial charge in [0.25, 0.3) is 0 Å². The summed E-state index contributed by atoms with van der Waals surface area (Å²) in [6.07, 6.45) is 1.54. The Morgan fingerprint density at radius 3 is 2.71 bits per heavy atom. The number of carboxylic acids is 1. The van der Waals surface area contributed by atoms with E-state index < -0.39 is 17.2 Å². The number of benzene rings is 1. The van der Waals surface area contributed by atoms with E-state index in [1.807, 2.05) is 6.92 Å². The number of halogens is 2. The Bertz CT molecular complexity index is 420. The molecule has 1 rings (SSSR count). The van der Waals surface area contributed by atoms with Gasteiger partial charge in [0.1, 0.15) is 5.82 Å². The van der Waals surface area contributed by atoms with E-state index in [2.05, 4.69) is 0 Å². The third-order valence-corrected chi connectivity index (χ3v) is 3.28.